The van der Waals surface area contributed by atoms with Crippen molar-refractivity contribution in [3.05, 3.63) is 47.9 Å². The van der Waals surface area contributed by atoms with Gasteiger partial charge in [0.1, 0.15) is 0 Å². The number of hydrogen-bond acceptors (Lipinski definition) is 2. The van der Waals surface area contributed by atoms with Crippen LogP contribution < -0.4 is 11.5 Å². The van der Waals surface area contributed by atoms with Crippen molar-refractivity contribution in [2.75, 3.05) is 0 Å². The van der Waals surface area contributed by atoms with Gasteiger partial charge in [-0.1, -0.05) is 19.2 Å². The van der Waals surface area contributed by atoms with Crippen LogP contribution in [0.1, 0.15) is 13.8 Å². The zero-order chi connectivity index (χ0) is 9.72. The molecule has 0 heterocycles. The Labute approximate surface area is 73.9 Å². The van der Waals surface area contributed by atoms with Gasteiger partial charge in [0.2, 0.25) is 0 Å². The molecular weight excluding hydrogens is 148 g/mol. The molecule has 2 heteroatoms. The lowest BCUT2D eigenvalue weighted by Gasteiger charge is -2.01. The summed E-state index contributed by atoms with van der Waals surface area (Å²) in [6, 6.07) is 0. The Morgan fingerprint density at radius 1 is 1.08 bits per heavy atom. The van der Waals surface area contributed by atoms with Gasteiger partial charge in [-0.25, -0.2) is 0 Å². The number of rotatable bonds is 3. The lowest BCUT2D eigenvalue weighted by atomic mass is 10.1. The van der Waals surface area contributed by atoms with Crippen molar-refractivity contribution in [2.45, 2.75) is 13.8 Å². The second-order valence-corrected chi connectivity index (χ2v) is 2.79. The summed E-state index contributed by atoms with van der Waals surface area (Å²) in [5, 5.41) is 0. The third kappa shape index (κ3) is 3.66. The Morgan fingerprint density at radius 2 is 1.58 bits per heavy atom. The smallest absolute Gasteiger partial charge is 0.0367 e. The molecular formula is C10H16N2. The van der Waals surface area contributed by atoms with Gasteiger partial charge >= 0.3 is 0 Å². The maximum absolute atomic E-state index is 5.70. The Kier molecular flexibility index (Phi) is 3.91. The first-order valence-electron chi connectivity index (χ1n) is 3.70. The maximum atomic E-state index is 5.70. The van der Waals surface area contributed by atoms with Gasteiger partial charge < -0.3 is 11.5 Å². The molecule has 66 valence electrons. The summed E-state index contributed by atoms with van der Waals surface area (Å²) in [5.74, 6) is 0. The first kappa shape index (κ1) is 10.6. The molecule has 0 aliphatic heterocycles. The predicted molar refractivity (Wildman–Crippen MR) is 54.2 cm³/mol. The molecule has 4 N–H and O–H groups in total. The Hall–Kier alpha value is -1.44. The molecule has 0 rings (SSSR count). The van der Waals surface area contributed by atoms with Gasteiger partial charge in [-0.15, -0.1) is 0 Å². The largest absolute Gasteiger partial charge is 0.399 e. The van der Waals surface area contributed by atoms with Crippen LogP contribution in [0.5, 0.6) is 0 Å². The molecule has 0 unspecified atom stereocenters. The molecule has 0 aromatic rings. The second kappa shape index (κ2) is 4.44. The van der Waals surface area contributed by atoms with Crippen LogP contribution >= 0.6 is 0 Å². The van der Waals surface area contributed by atoms with Crippen molar-refractivity contribution in [2.24, 2.45) is 11.5 Å². The van der Waals surface area contributed by atoms with Crippen molar-refractivity contribution in [3.63, 3.8) is 0 Å². The Balaban J connectivity index is 4.58. The zero-order valence-electron chi connectivity index (χ0n) is 7.72. The van der Waals surface area contributed by atoms with Crippen LogP contribution in [0.15, 0.2) is 47.9 Å². The van der Waals surface area contributed by atoms with E-state index in [4.69, 9.17) is 11.5 Å². The first-order valence-corrected chi connectivity index (χ1v) is 3.70. The van der Waals surface area contributed by atoms with Crippen molar-refractivity contribution >= 4 is 0 Å². The highest BCUT2D eigenvalue weighted by molar-refractivity contribution is 5.35. The first-order chi connectivity index (χ1) is 5.45. The molecule has 12 heavy (non-hydrogen) atoms. The third-order valence-electron chi connectivity index (χ3n) is 1.43. The van der Waals surface area contributed by atoms with Crippen molar-refractivity contribution in [3.8, 4) is 0 Å². The molecule has 0 amide bonds. The Bertz CT molecular complexity index is 257. The van der Waals surface area contributed by atoms with Crippen LogP contribution in [-0.4, -0.2) is 0 Å². The maximum Gasteiger partial charge on any atom is 0.0367 e. The van der Waals surface area contributed by atoms with E-state index in [0.717, 1.165) is 11.1 Å². The van der Waals surface area contributed by atoms with Crippen LogP contribution in [0.25, 0.3) is 0 Å². The van der Waals surface area contributed by atoms with Crippen LogP contribution in [0, 0.1) is 0 Å². The molecule has 0 saturated heterocycles. The quantitative estimate of drug-likeness (QED) is 0.625. The molecule has 0 saturated carbocycles. The highest BCUT2D eigenvalue weighted by Crippen LogP contribution is 2.07. The van der Waals surface area contributed by atoms with Crippen molar-refractivity contribution < 1.29 is 0 Å². The lowest BCUT2D eigenvalue weighted by Crippen LogP contribution is -2.00. The van der Waals surface area contributed by atoms with E-state index < -0.39 is 0 Å². The summed E-state index contributed by atoms with van der Waals surface area (Å²) in [4.78, 5) is 0. The minimum atomic E-state index is 0.517. The van der Waals surface area contributed by atoms with Gasteiger partial charge in [-0.3, -0.25) is 0 Å². The molecule has 0 aliphatic carbocycles. The minimum absolute atomic E-state index is 0.517. The predicted octanol–water partition coefficient (Wildman–Crippen LogP) is 1.82. The summed E-state index contributed by atoms with van der Waals surface area (Å²) in [7, 11) is 0. The Morgan fingerprint density at radius 3 is 1.92 bits per heavy atom. The topological polar surface area (TPSA) is 52.0 Å². The molecule has 2 nitrogen and oxygen atoms in total. The standard InChI is InChI=1S/C10H16N2/c1-7(2)10(12)8(3)5-6-9(4)11/h5-6H,1,4,11-12H2,2-3H3/b6-5-,10-8+. The van der Waals surface area contributed by atoms with Crippen molar-refractivity contribution in [1.29, 1.82) is 0 Å². The summed E-state index contributed by atoms with van der Waals surface area (Å²) in [6.45, 7) is 11.0. The van der Waals surface area contributed by atoms with Crippen LogP contribution in [0.3, 0.4) is 0 Å². The van der Waals surface area contributed by atoms with Gasteiger partial charge in [0.15, 0.2) is 0 Å². The fourth-order valence-electron chi connectivity index (χ4n) is 0.658. The van der Waals surface area contributed by atoms with Crippen LogP contribution in [-0.2, 0) is 0 Å². The lowest BCUT2D eigenvalue weighted by molar-refractivity contribution is 1.24. The molecule has 0 aromatic heterocycles. The fraction of sp³-hybridized carbons (Fsp3) is 0.200. The highest BCUT2D eigenvalue weighted by Gasteiger charge is 1.93. The average molecular weight is 164 g/mol. The van der Waals surface area contributed by atoms with Gasteiger partial charge in [0.25, 0.3) is 0 Å². The number of allylic oxidation sites excluding steroid dienone is 4. The average Bonchev–Trinajstić information content (AvgIpc) is 1.98. The normalized spacial score (nSPS) is 12.8. The summed E-state index contributed by atoms with van der Waals surface area (Å²) in [6.07, 6.45) is 3.54. The van der Waals surface area contributed by atoms with E-state index in [1.54, 1.807) is 6.08 Å². The SMILES string of the molecule is C=C(N)/C=C\C(C)=C(\N)C(=C)C. The van der Waals surface area contributed by atoms with E-state index in [1.807, 2.05) is 19.9 Å². The van der Waals surface area contributed by atoms with E-state index in [1.165, 1.54) is 0 Å². The van der Waals surface area contributed by atoms with E-state index in [2.05, 4.69) is 13.2 Å². The molecule has 0 bridgehead atoms. The minimum Gasteiger partial charge on any atom is -0.399 e. The fourth-order valence-corrected chi connectivity index (χ4v) is 0.658. The van der Waals surface area contributed by atoms with Gasteiger partial charge in [-0.2, -0.15) is 0 Å². The van der Waals surface area contributed by atoms with Gasteiger partial charge in [0, 0.05) is 11.4 Å². The molecule has 0 spiro atoms. The second-order valence-electron chi connectivity index (χ2n) is 2.79. The van der Waals surface area contributed by atoms with Crippen molar-refractivity contribution in [1.82, 2.24) is 0 Å². The number of hydrogen-bond donors (Lipinski definition) is 2. The van der Waals surface area contributed by atoms with Gasteiger partial charge in [0.05, 0.1) is 0 Å². The van der Waals surface area contributed by atoms with E-state index in [9.17, 15) is 0 Å². The monoisotopic (exact) mass is 164 g/mol. The summed E-state index contributed by atoms with van der Waals surface area (Å²) < 4.78 is 0. The van der Waals surface area contributed by atoms with Gasteiger partial charge in [-0.05, 0) is 31.1 Å². The van der Waals surface area contributed by atoms with Crippen LogP contribution in [0.2, 0.25) is 0 Å². The van der Waals surface area contributed by atoms with E-state index in [-0.39, 0.29) is 0 Å². The highest BCUT2D eigenvalue weighted by atomic mass is 14.6. The molecule has 0 radical (unpaired) electrons. The third-order valence-corrected chi connectivity index (χ3v) is 1.43. The van der Waals surface area contributed by atoms with Crippen LogP contribution in [0.4, 0.5) is 0 Å². The van der Waals surface area contributed by atoms with E-state index >= 15 is 0 Å². The zero-order valence-corrected chi connectivity index (χ0v) is 7.72. The van der Waals surface area contributed by atoms with E-state index in [0.29, 0.717) is 11.4 Å². The molecule has 0 atom stereocenters. The summed E-state index contributed by atoms with van der Waals surface area (Å²) >= 11 is 0. The molecule has 0 aromatic carbocycles. The molecule has 0 fully saturated rings. The molecule has 0 aliphatic rings. The number of nitrogens with two attached hydrogens (primary N) is 2. The summed E-state index contributed by atoms with van der Waals surface area (Å²) in [5.41, 5.74) is 14.1.